The van der Waals surface area contributed by atoms with Crippen LogP contribution in [0.3, 0.4) is 0 Å². The van der Waals surface area contributed by atoms with E-state index in [1.807, 2.05) is 0 Å². The maximum atomic E-state index is 11.5. The fourth-order valence-corrected chi connectivity index (χ4v) is 3.07. The van der Waals surface area contributed by atoms with Crippen LogP contribution in [0, 0.1) is 0 Å². The first-order chi connectivity index (χ1) is 12.3. The number of rotatable bonds is 20. The highest BCUT2D eigenvalue weighted by atomic mass is 16.7. The van der Waals surface area contributed by atoms with Crippen molar-refractivity contribution < 1.29 is 9.63 Å². The van der Waals surface area contributed by atoms with E-state index in [1.165, 1.54) is 83.5 Å². The molecule has 25 heavy (non-hydrogen) atoms. The largest absolute Gasteiger partial charge is 0.371 e. The number of carbonyl (C=O) groups is 1. The molecule has 1 N–H and O–H groups in total. The van der Waals surface area contributed by atoms with Gasteiger partial charge in [-0.25, -0.2) is 0 Å². The van der Waals surface area contributed by atoms with Crippen molar-refractivity contribution in [2.24, 2.45) is 0 Å². The molecular formula is C22H45NO2. The van der Waals surface area contributed by atoms with E-state index in [0.717, 1.165) is 32.2 Å². The van der Waals surface area contributed by atoms with Crippen LogP contribution >= 0.6 is 0 Å². The first-order valence-electron chi connectivity index (χ1n) is 11.2. The third-order valence-electron chi connectivity index (χ3n) is 4.80. The molecule has 0 spiro atoms. The van der Waals surface area contributed by atoms with Gasteiger partial charge in [0.25, 0.3) is 0 Å². The molecule has 0 aromatic heterocycles. The standard InChI is InChI=1S/C22H45NO2/c1-3-5-7-8-9-10-11-12-13-14-15-16-17-18-19-20-22(24)25-23-21-6-4-2/h23H,3-21H2,1-2H3. The summed E-state index contributed by atoms with van der Waals surface area (Å²) in [5.74, 6) is -0.106. The summed E-state index contributed by atoms with van der Waals surface area (Å²) in [4.78, 5) is 16.4. The molecule has 150 valence electrons. The molecule has 0 heterocycles. The van der Waals surface area contributed by atoms with Crippen molar-refractivity contribution in [2.45, 2.75) is 129 Å². The summed E-state index contributed by atoms with van der Waals surface area (Å²) in [6.45, 7) is 5.17. The predicted octanol–water partition coefficient (Wildman–Crippen LogP) is 7.10. The van der Waals surface area contributed by atoms with Crippen molar-refractivity contribution in [1.29, 1.82) is 0 Å². The minimum Gasteiger partial charge on any atom is -0.371 e. The number of hydrogen-bond donors (Lipinski definition) is 1. The third-order valence-corrected chi connectivity index (χ3v) is 4.80. The lowest BCUT2D eigenvalue weighted by Gasteiger charge is -2.05. The Labute approximate surface area is 157 Å². The van der Waals surface area contributed by atoms with Crippen molar-refractivity contribution >= 4 is 5.97 Å². The molecule has 0 aromatic rings. The van der Waals surface area contributed by atoms with Gasteiger partial charge in [-0.15, -0.1) is 0 Å². The maximum absolute atomic E-state index is 11.5. The zero-order valence-electron chi connectivity index (χ0n) is 17.3. The van der Waals surface area contributed by atoms with Gasteiger partial charge in [0, 0.05) is 13.0 Å². The van der Waals surface area contributed by atoms with Crippen molar-refractivity contribution in [3.8, 4) is 0 Å². The molecule has 0 bridgehead atoms. The molecule has 3 heteroatoms. The van der Waals surface area contributed by atoms with Gasteiger partial charge in [-0.05, 0) is 12.8 Å². The van der Waals surface area contributed by atoms with Crippen LogP contribution in [0.4, 0.5) is 0 Å². The van der Waals surface area contributed by atoms with Gasteiger partial charge in [-0.3, -0.25) is 4.79 Å². The van der Waals surface area contributed by atoms with Crippen LogP contribution in [0.1, 0.15) is 129 Å². The van der Waals surface area contributed by atoms with Crippen LogP contribution in [0.15, 0.2) is 0 Å². The molecule has 0 saturated carbocycles. The Hall–Kier alpha value is -0.570. The summed E-state index contributed by atoms with van der Waals surface area (Å²) in [6.07, 6.45) is 22.9. The maximum Gasteiger partial charge on any atom is 0.324 e. The average molecular weight is 356 g/mol. The molecule has 3 nitrogen and oxygen atoms in total. The number of unbranched alkanes of at least 4 members (excludes halogenated alkanes) is 15. The average Bonchev–Trinajstić information content (AvgIpc) is 2.62. The number of nitrogens with one attached hydrogen (secondary N) is 1. The van der Waals surface area contributed by atoms with E-state index in [-0.39, 0.29) is 5.97 Å². The molecular weight excluding hydrogens is 310 g/mol. The quantitative estimate of drug-likeness (QED) is 0.187. The smallest absolute Gasteiger partial charge is 0.324 e. The van der Waals surface area contributed by atoms with Gasteiger partial charge in [0.1, 0.15) is 0 Å². The SMILES string of the molecule is CCCCCCCCCCCCCCCCCC(=O)ONCCCC. The van der Waals surface area contributed by atoms with Crippen LogP contribution < -0.4 is 5.48 Å². The van der Waals surface area contributed by atoms with Crippen LogP contribution in [-0.2, 0) is 9.63 Å². The molecule has 0 amide bonds. The topological polar surface area (TPSA) is 38.3 Å². The van der Waals surface area contributed by atoms with Gasteiger partial charge in [-0.2, -0.15) is 5.48 Å². The van der Waals surface area contributed by atoms with Crippen molar-refractivity contribution in [3.63, 3.8) is 0 Å². The lowest BCUT2D eigenvalue weighted by atomic mass is 10.0. The number of carbonyl (C=O) groups excluding carboxylic acids is 1. The van der Waals surface area contributed by atoms with Crippen LogP contribution in [0.5, 0.6) is 0 Å². The Morgan fingerprint density at radius 2 is 1.00 bits per heavy atom. The number of hydroxylamine groups is 1. The molecule has 0 aromatic carbocycles. The Morgan fingerprint density at radius 3 is 1.44 bits per heavy atom. The zero-order chi connectivity index (χ0) is 18.4. The Morgan fingerprint density at radius 1 is 0.600 bits per heavy atom. The highest BCUT2D eigenvalue weighted by Gasteiger charge is 2.02. The summed E-state index contributed by atoms with van der Waals surface area (Å²) >= 11 is 0. The van der Waals surface area contributed by atoms with Gasteiger partial charge in [0.05, 0.1) is 0 Å². The first-order valence-corrected chi connectivity index (χ1v) is 11.2. The lowest BCUT2D eigenvalue weighted by molar-refractivity contribution is -0.151. The molecule has 0 aliphatic heterocycles. The summed E-state index contributed by atoms with van der Waals surface area (Å²) in [6, 6.07) is 0. The minimum absolute atomic E-state index is 0.106. The highest BCUT2D eigenvalue weighted by Crippen LogP contribution is 2.13. The Bertz CT molecular complexity index is 269. The number of hydrogen-bond acceptors (Lipinski definition) is 3. The summed E-state index contributed by atoms with van der Waals surface area (Å²) in [5.41, 5.74) is 2.74. The summed E-state index contributed by atoms with van der Waals surface area (Å²) < 4.78 is 0. The van der Waals surface area contributed by atoms with Gasteiger partial charge in [0.15, 0.2) is 0 Å². The fourth-order valence-electron chi connectivity index (χ4n) is 3.07. The summed E-state index contributed by atoms with van der Waals surface area (Å²) in [7, 11) is 0. The lowest BCUT2D eigenvalue weighted by Crippen LogP contribution is -2.20. The monoisotopic (exact) mass is 355 g/mol. The molecule has 0 aliphatic carbocycles. The predicted molar refractivity (Wildman–Crippen MR) is 109 cm³/mol. The third kappa shape index (κ3) is 21.4. The molecule has 0 fully saturated rings. The van der Waals surface area contributed by atoms with E-state index in [2.05, 4.69) is 19.3 Å². The molecule has 0 rings (SSSR count). The van der Waals surface area contributed by atoms with Crippen molar-refractivity contribution in [2.75, 3.05) is 6.54 Å². The van der Waals surface area contributed by atoms with E-state index in [9.17, 15) is 4.79 Å². The fraction of sp³-hybridized carbons (Fsp3) is 0.955. The van der Waals surface area contributed by atoms with Crippen molar-refractivity contribution in [3.05, 3.63) is 0 Å². The molecule has 0 atom stereocenters. The second kappa shape index (κ2) is 21.5. The van der Waals surface area contributed by atoms with Crippen LogP contribution in [-0.4, -0.2) is 12.5 Å². The van der Waals surface area contributed by atoms with Crippen LogP contribution in [0.2, 0.25) is 0 Å². The Kier molecular flexibility index (Phi) is 21.0. The van der Waals surface area contributed by atoms with E-state index < -0.39 is 0 Å². The van der Waals surface area contributed by atoms with E-state index in [4.69, 9.17) is 4.84 Å². The van der Waals surface area contributed by atoms with Gasteiger partial charge >= 0.3 is 5.97 Å². The van der Waals surface area contributed by atoms with E-state index >= 15 is 0 Å². The molecule has 0 saturated heterocycles. The normalized spacial score (nSPS) is 11.0. The van der Waals surface area contributed by atoms with E-state index in [0.29, 0.717) is 6.42 Å². The molecule has 0 aliphatic rings. The van der Waals surface area contributed by atoms with Crippen molar-refractivity contribution in [1.82, 2.24) is 5.48 Å². The highest BCUT2D eigenvalue weighted by molar-refractivity contribution is 5.68. The first kappa shape index (κ1) is 24.4. The molecule has 0 radical (unpaired) electrons. The van der Waals surface area contributed by atoms with Gasteiger partial charge < -0.3 is 4.84 Å². The zero-order valence-corrected chi connectivity index (χ0v) is 17.3. The van der Waals surface area contributed by atoms with Gasteiger partial charge in [0.2, 0.25) is 0 Å². The van der Waals surface area contributed by atoms with Gasteiger partial charge in [-0.1, -0.05) is 110 Å². The minimum atomic E-state index is -0.106. The second-order valence-corrected chi connectivity index (χ2v) is 7.42. The van der Waals surface area contributed by atoms with Crippen LogP contribution in [0.25, 0.3) is 0 Å². The summed E-state index contributed by atoms with van der Waals surface area (Å²) in [5, 5.41) is 0. The molecule has 0 unspecified atom stereocenters. The second-order valence-electron chi connectivity index (χ2n) is 7.42. The Balaban J connectivity index is 3.08. The van der Waals surface area contributed by atoms with E-state index in [1.54, 1.807) is 0 Å².